The van der Waals surface area contributed by atoms with Gasteiger partial charge in [0, 0.05) is 51.9 Å². The Balaban J connectivity index is 1.69. The van der Waals surface area contributed by atoms with E-state index in [9.17, 15) is 14.7 Å². The summed E-state index contributed by atoms with van der Waals surface area (Å²) in [5, 5.41) is 12.6. The molecule has 2 N–H and O–H groups in total. The van der Waals surface area contributed by atoms with Gasteiger partial charge in [-0.25, -0.2) is 4.79 Å². The van der Waals surface area contributed by atoms with Gasteiger partial charge in [0.25, 0.3) is 0 Å². The highest BCUT2D eigenvalue weighted by molar-refractivity contribution is 5.86. The van der Waals surface area contributed by atoms with Crippen LogP contribution >= 0.6 is 0 Å². The summed E-state index contributed by atoms with van der Waals surface area (Å²) in [6, 6.07) is 0.0224. The van der Waals surface area contributed by atoms with Crippen molar-refractivity contribution in [1.82, 2.24) is 20.0 Å². The van der Waals surface area contributed by atoms with E-state index in [-0.39, 0.29) is 5.91 Å². The van der Waals surface area contributed by atoms with Crippen molar-refractivity contribution in [3.8, 4) is 0 Å². The zero-order chi connectivity index (χ0) is 14.8. The molecule has 3 fully saturated rings. The lowest BCUT2D eigenvalue weighted by molar-refractivity contribution is -0.140. The summed E-state index contributed by atoms with van der Waals surface area (Å²) in [5.74, 6) is -0.0251. The van der Waals surface area contributed by atoms with E-state index in [1.165, 1.54) is 24.2 Å². The van der Waals surface area contributed by atoms with Crippen LogP contribution in [0.1, 0.15) is 19.3 Å². The lowest BCUT2D eigenvalue weighted by atomic mass is 9.90. The molecule has 0 spiro atoms. The third-order valence-corrected chi connectivity index (χ3v) is 4.96. The molecule has 2 heterocycles. The molecule has 3 aliphatic rings. The summed E-state index contributed by atoms with van der Waals surface area (Å²) in [5.41, 5.74) is 0. The summed E-state index contributed by atoms with van der Waals surface area (Å²) in [6.45, 7) is 4.67. The Labute approximate surface area is 124 Å². The highest BCUT2D eigenvalue weighted by Gasteiger charge is 2.40. The quantitative estimate of drug-likeness (QED) is 0.727. The van der Waals surface area contributed by atoms with Crippen LogP contribution in [0, 0.1) is 0 Å². The minimum atomic E-state index is -0.975. The molecule has 118 valence electrons. The van der Waals surface area contributed by atoms with Crippen molar-refractivity contribution < 1.29 is 14.7 Å². The van der Waals surface area contributed by atoms with Gasteiger partial charge in [-0.3, -0.25) is 14.6 Å². The Morgan fingerprint density at radius 1 is 1.05 bits per heavy atom. The molecule has 1 aliphatic carbocycles. The second kappa shape index (κ2) is 6.19. The van der Waals surface area contributed by atoms with Crippen LogP contribution in [0.5, 0.6) is 0 Å². The fourth-order valence-corrected chi connectivity index (χ4v) is 3.42. The van der Waals surface area contributed by atoms with Crippen LogP contribution in [0.25, 0.3) is 0 Å². The molecular weight excluding hydrogens is 272 g/mol. The second-order valence-corrected chi connectivity index (χ2v) is 6.15. The van der Waals surface area contributed by atoms with Crippen molar-refractivity contribution in [3.63, 3.8) is 0 Å². The molecule has 2 amide bonds. The van der Waals surface area contributed by atoms with Crippen LogP contribution in [0.3, 0.4) is 0 Å². The predicted octanol–water partition coefficient (Wildman–Crippen LogP) is -0.365. The smallest absolute Gasteiger partial charge is 0.408 e. The minimum absolute atomic E-state index is 0.0251. The van der Waals surface area contributed by atoms with Crippen LogP contribution in [-0.2, 0) is 4.79 Å². The van der Waals surface area contributed by atoms with Gasteiger partial charge >= 0.3 is 6.09 Å². The molecule has 0 bridgehead atoms. The van der Waals surface area contributed by atoms with Crippen LogP contribution in [0.15, 0.2) is 0 Å². The van der Waals surface area contributed by atoms with E-state index in [1.807, 2.05) is 0 Å². The third-order valence-electron chi connectivity index (χ3n) is 4.96. The number of hydrogen-bond acceptors (Lipinski definition) is 4. The maximum atomic E-state index is 12.7. The van der Waals surface area contributed by atoms with Crippen molar-refractivity contribution in [3.05, 3.63) is 0 Å². The second-order valence-electron chi connectivity index (χ2n) is 6.15. The van der Waals surface area contributed by atoms with Gasteiger partial charge in [-0.15, -0.1) is 0 Å². The molecule has 0 radical (unpaired) electrons. The predicted molar refractivity (Wildman–Crippen MR) is 77.2 cm³/mol. The highest BCUT2D eigenvalue weighted by Crippen LogP contribution is 2.27. The normalized spacial score (nSPS) is 28.3. The summed E-state index contributed by atoms with van der Waals surface area (Å²) in [6.07, 6.45) is 2.64. The topological polar surface area (TPSA) is 76.1 Å². The number of carbonyl (C=O) groups is 2. The van der Waals surface area contributed by atoms with Crippen molar-refractivity contribution in [2.75, 3.05) is 45.8 Å². The molecule has 0 unspecified atom stereocenters. The number of amides is 2. The summed E-state index contributed by atoms with van der Waals surface area (Å²) in [4.78, 5) is 29.6. The third kappa shape index (κ3) is 2.98. The Kier molecular flexibility index (Phi) is 4.30. The van der Waals surface area contributed by atoms with E-state index in [1.54, 1.807) is 4.90 Å². The maximum Gasteiger partial charge on any atom is 0.408 e. The lowest BCUT2D eigenvalue weighted by Gasteiger charge is -2.46. The zero-order valence-corrected chi connectivity index (χ0v) is 12.3. The van der Waals surface area contributed by atoms with Crippen LogP contribution < -0.4 is 5.32 Å². The molecule has 0 aromatic carbocycles. The maximum absolute atomic E-state index is 12.7. The average Bonchev–Trinajstić information content (AvgIpc) is 2.45. The average molecular weight is 296 g/mol. The largest absolute Gasteiger partial charge is 0.465 e. The van der Waals surface area contributed by atoms with Crippen LogP contribution in [0.2, 0.25) is 0 Å². The molecule has 7 nitrogen and oxygen atoms in total. The molecule has 0 aromatic rings. The summed E-state index contributed by atoms with van der Waals surface area (Å²) in [7, 11) is 0. The molecular formula is C14H24N4O3. The molecule has 2 aliphatic heterocycles. The number of rotatable bonds is 2. The van der Waals surface area contributed by atoms with Crippen molar-refractivity contribution in [2.45, 2.75) is 31.3 Å². The first-order chi connectivity index (χ1) is 10.2. The Morgan fingerprint density at radius 3 is 2.33 bits per heavy atom. The molecule has 1 saturated carbocycles. The first-order valence-corrected chi connectivity index (χ1v) is 7.90. The van der Waals surface area contributed by atoms with E-state index >= 15 is 0 Å². The minimum Gasteiger partial charge on any atom is -0.465 e. The van der Waals surface area contributed by atoms with E-state index < -0.39 is 12.1 Å². The van der Waals surface area contributed by atoms with Gasteiger partial charge in [-0.05, 0) is 12.8 Å². The SMILES string of the molecule is O=C([C@H]1CN(C2CCC2)CCN1C(=O)O)N1CCNCC1. The van der Waals surface area contributed by atoms with Gasteiger partial charge in [-0.1, -0.05) is 6.42 Å². The first kappa shape index (κ1) is 14.6. The van der Waals surface area contributed by atoms with E-state index in [0.717, 1.165) is 19.6 Å². The molecule has 21 heavy (non-hydrogen) atoms. The molecule has 3 rings (SSSR count). The van der Waals surface area contributed by atoms with Gasteiger partial charge in [0.2, 0.25) is 5.91 Å². The van der Waals surface area contributed by atoms with Crippen LogP contribution in [-0.4, -0.2) is 89.7 Å². The monoisotopic (exact) mass is 296 g/mol. The fraction of sp³-hybridized carbons (Fsp3) is 0.857. The van der Waals surface area contributed by atoms with Gasteiger partial charge in [0.15, 0.2) is 0 Å². The Hall–Kier alpha value is -1.34. The van der Waals surface area contributed by atoms with Gasteiger partial charge in [-0.2, -0.15) is 0 Å². The highest BCUT2D eigenvalue weighted by atomic mass is 16.4. The van der Waals surface area contributed by atoms with Crippen molar-refractivity contribution in [1.29, 1.82) is 0 Å². The summed E-state index contributed by atoms with van der Waals surface area (Å²) < 4.78 is 0. The molecule has 7 heteroatoms. The van der Waals surface area contributed by atoms with Gasteiger partial charge in [0.05, 0.1) is 0 Å². The first-order valence-electron chi connectivity index (χ1n) is 7.90. The summed E-state index contributed by atoms with van der Waals surface area (Å²) >= 11 is 0. The zero-order valence-electron chi connectivity index (χ0n) is 12.3. The standard InChI is InChI=1S/C14H24N4O3/c19-13(16-6-4-15-5-7-16)12-10-17(11-2-1-3-11)8-9-18(12)14(20)21/h11-12,15H,1-10H2,(H,20,21)/t12-/m1/s1. The van der Waals surface area contributed by atoms with Gasteiger partial charge < -0.3 is 15.3 Å². The van der Waals surface area contributed by atoms with E-state index in [0.29, 0.717) is 32.2 Å². The molecule has 1 atom stereocenters. The van der Waals surface area contributed by atoms with Gasteiger partial charge in [0.1, 0.15) is 6.04 Å². The van der Waals surface area contributed by atoms with Crippen molar-refractivity contribution >= 4 is 12.0 Å². The molecule has 0 aromatic heterocycles. The Bertz CT molecular complexity index is 407. The van der Waals surface area contributed by atoms with E-state index in [4.69, 9.17) is 0 Å². The number of piperazine rings is 2. The van der Waals surface area contributed by atoms with Crippen molar-refractivity contribution in [2.24, 2.45) is 0 Å². The number of carboxylic acid groups (broad SMARTS) is 1. The number of carbonyl (C=O) groups excluding carboxylic acids is 1. The number of nitrogens with one attached hydrogen (secondary N) is 1. The number of nitrogens with zero attached hydrogens (tertiary/aromatic N) is 3. The molecule has 2 saturated heterocycles. The fourth-order valence-electron chi connectivity index (χ4n) is 3.42. The van der Waals surface area contributed by atoms with Crippen LogP contribution in [0.4, 0.5) is 4.79 Å². The number of hydrogen-bond donors (Lipinski definition) is 2. The lowest BCUT2D eigenvalue weighted by Crippen LogP contribution is -2.64. The Morgan fingerprint density at radius 2 is 1.76 bits per heavy atom. The van der Waals surface area contributed by atoms with E-state index in [2.05, 4.69) is 10.2 Å².